The molecular formula is C27H32N2O2. The van der Waals surface area contributed by atoms with Crippen LogP contribution in [-0.2, 0) is 13.0 Å². The zero-order valence-electron chi connectivity index (χ0n) is 18.6. The molecule has 1 heterocycles. The van der Waals surface area contributed by atoms with E-state index in [0.717, 1.165) is 57.2 Å². The van der Waals surface area contributed by atoms with E-state index < -0.39 is 0 Å². The third kappa shape index (κ3) is 5.66. The monoisotopic (exact) mass is 416 g/mol. The first-order valence-corrected chi connectivity index (χ1v) is 11.0. The maximum absolute atomic E-state index is 5.43. The summed E-state index contributed by atoms with van der Waals surface area (Å²) in [5.74, 6) is 1.60. The molecule has 1 aliphatic heterocycles. The van der Waals surface area contributed by atoms with Gasteiger partial charge in [-0.1, -0.05) is 54.6 Å². The van der Waals surface area contributed by atoms with Crippen molar-refractivity contribution in [3.05, 3.63) is 83.9 Å². The molecule has 4 rings (SSSR count). The summed E-state index contributed by atoms with van der Waals surface area (Å²) in [5, 5.41) is 0. The minimum atomic E-state index is 0.788. The summed E-state index contributed by atoms with van der Waals surface area (Å²) in [6.45, 7) is 6.55. The highest BCUT2D eigenvalue weighted by Gasteiger charge is 2.17. The van der Waals surface area contributed by atoms with Crippen LogP contribution in [0.25, 0.3) is 11.1 Å². The minimum absolute atomic E-state index is 0.788. The lowest BCUT2D eigenvalue weighted by Crippen LogP contribution is -2.46. The summed E-state index contributed by atoms with van der Waals surface area (Å²) in [6, 6.07) is 25.8. The second-order valence-corrected chi connectivity index (χ2v) is 8.12. The van der Waals surface area contributed by atoms with Crippen molar-refractivity contribution in [3.63, 3.8) is 0 Å². The van der Waals surface area contributed by atoms with Crippen molar-refractivity contribution in [2.24, 2.45) is 0 Å². The van der Waals surface area contributed by atoms with Crippen molar-refractivity contribution < 1.29 is 9.47 Å². The largest absolute Gasteiger partial charge is 0.493 e. The molecule has 0 saturated carbocycles. The molecule has 0 atom stereocenters. The summed E-state index contributed by atoms with van der Waals surface area (Å²) in [6.07, 6.45) is 1.03. The maximum atomic E-state index is 5.43. The lowest BCUT2D eigenvalue weighted by atomic mass is 10.0. The van der Waals surface area contributed by atoms with Crippen molar-refractivity contribution in [2.45, 2.75) is 13.0 Å². The average Bonchev–Trinajstić information content (AvgIpc) is 2.84. The third-order valence-corrected chi connectivity index (χ3v) is 6.07. The predicted octanol–water partition coefficient (Wildman–Crippen LogP) is 4.73. The Morgan fingerprint density at radius 2 is 1.35 bits per heavy atom. The number of nitrogens with zero attached hydrogens (tertiary/aromatic N) is 2. The van der Waals surface area contributed by atoms with E-state index in [4.69, 9.17) is 9.47 Å². The van der Waals surface area contributed by atoms with Crippen LogP contribution in [0.1, 0.15) is 11.1 Å². The van der Waals surface area contributed by atoms with Gasteiger partial charge in [0, 0.05) is 39.3 Å². The highest BCUT2D eigenvalue weighted by molar-refractivity contribution is 5.63. The molecule has 3 aromatic rings. The van der Waals surface area contributed by atoms with Crippen molar-refractivity contribution in [3.8, 4) is 22.6 Å². The molecule has 0 N–H and O–H groups in total. The molecule has 0 radical (unpaired) electrons. The Labute approximate surface area is 186 Å². The second-order valence-electron chi connectivity index (χ2n) is 8.12. The molecular weight excluding hydrogens is 384 g/mol. The number of hydrogen-bond donors (Lipinski definition) is 0. The van der Waals surface area contributed by atoms with Gasteiger partial charge in [0.05, 0.1) is 14.2 Å². The van der Waals surface area contributed by atoms with Crippen LogP contribution in [0.4, 0.5) is 0 Å². The molecule has 31 heavy (non-hydrogen) atoms. The Balaban J connectivity index is 1.27. The SMILES string of the molecule is COc1ccc(CCN2CCN(Cc3cccc(-c4ccccc4)c3)CC2)cc1OC. The third-order valence-electron chi connectivity index (χ3n) is 6.07. The fourth-order valence-corrected chi connectivity index (χ4v) is 4.23. The molecule has 162 valence electrons. The van der Waals surface area contributed by atoms with Crippen LogP contribution in [0, 0.1) is 0 Å². The van der Waals surface area contributed by atoms with Crippen LogP contribution in [0.2, 0.25) is 0 Å². The van der Waals surface area contributed by atoms with Crippen LogP contribution in [0.15, 0.2) is 72.8 Å². The first-order chi connectivity index (χ1) is 15.2. The maximum Gasteiger partial charge on any atom is 0.160 e. The lowest BCUT2D eigenvalue weighted by molar-refractivity contribution is 0.128. The van der Waals surface area contributed by atoms with Crippen LogP contribution >= 0.6 is 0 Å². The Morgan fingerprint density at radius 1 is 0.645 bits per heavy atom. The van der Waals surface area contributed by atoms with Gasteiger partial charge in [0.1, 0.15) is 0 Å². The number of rotatable bonds is 8. The van der Waals surface area contributed by atoms with E-state index >= 15 is 0 Å². The van der Waals surface area contributed by atoms with Crippen LogP contribution in [0.5, 0.6) is 11.5 Å². The van der Waals surface area contributed by atoms with Crippen LogP contribution in [-0.4, -0.2) is 56.7 Å². The molecule has 0 unspecified atom stereocenters. The Bertz CT molecular complexity index is 966. The zero-order valence-corrected chi connectivity index (χ0v) is 18.6. The Kier molecular flexibility index (Phi) is 7.23. The lowest BCUT2D eigenvalue weighted by Gasteiger charge is -2.34. The van der Waals surface area contributed by atoms with Gasteiger partial charge in [-0.15, -0.1) is 0 Å². The summed E-state index contributed by atoms with van der Waals surface area (Å²) < 4.78 is 10.8. The molecule has 0 aliphatic carbocycles. The van der Waals surface area contributed by atoms with Gasteiger partial charge in [-0.25, -0.2) is 0 Å². The molecule has 4 heteroatoms. The summed E-state index contributed by atoms with van der Waals surface area (Å²) in [7, 11) is 3.37. The first-order valence-electron chi connectivity index (χ1n) is 11.0. The van der Waals surface area contributed by atoms with E-state index in [2.05, 4.69) is 76.5 Å². The van der Waals surface area contributed by atoms with Crippen molar-refractivity contribution in [2.75, 3.05) is 46.9 Å². The molecule has 1 aliphatic rings. The van der Waals surface area contributed by atoms with E-state index in [1.54, 1.807) is 14.2 Å². The standard InChI is InChI=1S/C27H32N2O2/c1-30-26-12-11-22(20-27(26)31-2)13-14-28-15-17-29(18-16-28)21-23-7-6-10-25(19-23)24-8-4-3-5-9-24/h3-12,19-20H,13-18,21H2,1-2H3. The van der Waals surface area contributed by atoms with Crippen molar-refractivity contribution in [1.29, 1.82) is 0 Å². The second kappa shape index (κ2) is 10.5. The summed E-state index contributed by atoms with van der Waals surface area (Å²) in [4.78, 5) is 5.13. The van der Waals surface area contributed by atoms with Gasteiger partial charge in [0.25, 0.3) is 0 Å². The molecule has 0 bridgehead atoms. The van der Waals surface area contributed by atoms with E-state index in [1.165, 1.54) is 22.3 Å². The van der Waals surface area contributed by atoms with E-state index in [-0.39, 0.29) is 0 Å². The fraction of sp³-hybridized carbons (Fsp3) is 0.333. The van der Waals surface area contributed by atoms with E-state index in [0.29, 0.717) is 0 Å². The molecule has 1 fully saturated rings. The summed E-state index contributed by atoms with van der Waals surface area (Å²) >= 11 is 0. The predicted molar refractivity (Wildman–Crippen MR) is 127 cm³/mol. The Morgan fingerprint density at radius 3 is 2.10 bits per heavy atom. The topological polar surface area (TPSA) is 24.9 Å². The van der Waals surface area contributed by atoms with Gasteiger partial charge in [-0.2, -0.15) is 0 Å². The molecule has 3 aromatic carbocycles. The average molecular weight is 417 g/mol. The molecule has 4 nitrogen and oxygen atoms in total. The normalized spacial score (nSPS) is 15.0. The van der Waals surface area contributed by atoms with Gasteiger partial charge in [0.2, 0.25) is 0 Å². The van der Waals surface area contributed by atoms with Crippen molar-refractivity contribution in [1.82, 2.24) is 9.80 Å². The molecule has 0 spiro atoms. The highest BCUT2D eigenvalue weighted by Crippen LogP contribution is 2.28. The quantitative estimate of drug-likeness (QED) is 0.530. The Hall–Kier alpha value is -2.82. The number of ether oxygens (including phenoxy) is 2. The van der Waals surface area contributed by atoms with E-state index in [9.17, 15) is 0 Å². The van der Waals surface area contributed by atoms with Gasteiger partial charge in [-0.3, -0.25) is 4.90 Å². The van der Waals surface area contributed by atoms with Crippen LogP contribution in [0.3, 0.4) is 0 Å². The number of benzene rings is 3. The molecule has 0 aromatic heterocycles. The zero-order chi connectivity index (χ0) is 21.5. The first kappa shape index (κ1) is 21.4. The molecule has 0 amide bonds. The number of hydrogen-bond acceptors (Lipinski definition) is 4. The highest BCUT2D eigenvalue weighted by atomic mass is 16.5. The molecule has 1 saturated heterocycles. The van der Waals surface area contributed by atoms with Gasteiger partial charge >= 0.3 is 0 Å². The van der Waals surface area contributed by atoms with Gasteiger partial charge < -0.3 is 14.4 Å². The van der Waals surface area contributed by atoms with E-state index in [1.807, 2.05) is 6.07 Å². The van der Waals surface area contributed by atoms with Crippen LogP contribution < -0.4 is 9.47 Å². The summed E-state index contributed by atoms with van der Waals surface area (Å²) in [5.41, 5.74) is 5.26. The smallest absolute Gasteiger partial charge is 0.160 e. The minimum Gasteiger partial charge on any atom is -0.493 e. The number of methoxy groups -OCH3 is 2. The fourth-order valence-electron chi connectivity index (χ4n) is 4.23. The van der Waals surface area contributed by atoms with Crippen molar-refractivity contribution >= 4 is 0 Å². The number of piperazine rings is 1. The van der Waals surface area contributed by atoms with Gasteiger partial charge in [0.15, 0.2) is 11.5 Å². The van der Waals surface area contributed by atoms with Gasteiger partial charge in [-0.05, 0) is 46.9 Å².